The van der Waals surface area contributed by atoms with Crippen LogP contribution in [0, 0.1) is 19.8 Å². The maximum absolute atomic E-state index is 12.7. The zero-order valence-electron chi connectivity index (χ0n) is 15.0. The van der Waals surface area contributed by atoms with Crippen LogP contribution in [0.25, 0.3) is 10.4 Å². The third kappa shape index (κ3) is 3.94. The first-order chi connectivity index (χ1) is 13.0. The van der Waals surface area contributed by atoms with E-state index in [1.54, 1.807) is 0 Å². The monoisotopic (exact) mass is 397 g/mol. The van der Waals surface area contributed by atoms with Crippen molar-refractivity contribution in [3.8, 4) is 10.4 Å². The van der Waals surface area contributed by atoms with Crippen LogP contribution in [0.5, 0.6) is 0 Å². The fraction of sp³-hybridized carbons (Fsp3) is 0.250. The van der Waals surface area contributed by atoms with Crippen LogP contribution in [0.1, 0.15) is 33.8 Å². The van der Waals surface area contributed by atoms with Crippen molar-refractivity contribution in [2.24, 2.45) is 5.92 Å². The quantitative estimate of drug-likeness (QED) is 0.630. The SMILES string of the molecule is Cc1cc(NC(=O)C2CC2)sc1C(=O)Nc1nc(C)c(-c2ccccc2)s1. The molecule has 0 unspecified atom stereocenters. The summed E-state index contributed by atoms with van der Waals surface area (Å²) in [6.45, 7) is 3.82. The van der Waals surface area contributed by atoms with Gasteiger partial charge in [0.15, 0.2) is 5.13 Å². The lowest BCUT2D eigenvalue weighted by Gasteiger charge is -2.00. The second-order valence-corrected chi connectivity index (χ2v) is 8.69. The van der Waals surface area contributed by atoms with E-state index in [9.17, 15) is 9.59 Å². The number of carbonyl (C=O) groups excluding carboxylic acids is 2. The molecular weight excluding hydrogens is 378 g/mol. The number of rotatable bonds is 5. The van der Waals surface area contributed by atoms with Gasteiger partial charge in [-0.05, 0) is 43.9 Å². The predicted octanol–water partition coefficient (Wildman–Crippen LogP) is 5.09. The number of nitrogens with zero attached hydrogens (tertiary/aromatic N) is 1. The Morgan fingerprint density at radius 1 is 1.07 bits per heavy atom. The highest BCUT2D eigenvalue weighted by Gasteiger charge is 2.30. The molecule has 27 heavy (non-hydrogen) atoms. The lowest BCUT2D eigenvalue weighted by molar-refractivity contribution is -0.117. The minimum absolute atomic E-state index is 0.0475. The molecule has 1 fully saturated rings. The molecule has 2 aromatic heterocycles. The van der Waals surface area contributed by atoms with E-state index in [1.165, 1.54) is 22.7 Å². The van der Waals surface area contributed by atoms with Gasteiger partial charge in [-0.1, -0.05) is 41.7 Å². The molecule has 2 heterocycles. The summed E-state index contributed by atoms with van der Waals surface area (Å²) in [7, 11) is 0. The normalized spacial score (nSPS) is 13.4. The van der Waals surface area contributed by atoms with E-state index in [4.69, 9.17) is 0 Å². The molecule has 1 aliphatic carbocycles. The van der Waals surface area contributed by atoms with Gasteiger partial charge in [0.05, 0.1) is 20.4 Å². The molecule has 0 aliphatic heterocycles. The first-order valence-corrected chi connectivity index (χ1v) is 10.4. The number of carbonyl (C=O) groups is 2. The number of anilines is 2. The molecule has 3 aromatic rings. The average molecular weight is 398 g/mol. The molecule has 2 amide bonds. The summed E-state index contributed by atoms with van der Waals surface area (Å²) in [6.07, 6.45) is 1.91. The van der Waals surface area contributed by atoms with Gasteiger partial charge in [-0.2, -0.15) is 0 Å². The zero-order valence-corrected chi connectivity index (χ0v) is 16.7. The molecule has 138 valence electrons. The molecule has 2 N–H and O–H groups in total. The number of benzene rings is 1. The van der Waals surface area contributed by atoms with Crippen LogP contribution in [0.15, 0.2) is 36.4 Å². The summed E-state index contributed by atoms with van der Waals surface area (Å²) in [5.41, 5.74) is 2.83. The average Bonchev–Trinajstić information content (AvgIpc) is 3.35. The van der Waals surface area contributed by atoms with Crippen molar-refractivity contribution in [1.29, 1.82) is 0 Å². The number of nitrogens with one attached hydrogen (secondary N) is 2. The van der Waals surface area contributed by atoms with Gasteiger partial charge in [0.2, 0.25) is 5.91 Å². The highest BCUT2D eigenvalue weighted by molar-refractivity contribution is 7.20. The molecule has 1 saturated carbocycles. The first-order valence-electron chi connectivity index (χ1n) is 8.77. The number of aryl methyl sites for hydroxylation is 2. The Labute approximate surface area is 165 Å². The van der Waals surface area contributed by atoms with E-state index in [0.29, 0.717) is 10.0 Å². The molecule has 0 spiro atoms. The van der Waals surface area contributed by atoms with Gasteiger partial charge in [0.1, 0.15) is 0 Å². The zero-order chi connectivity index (χ0) is 19.0. The maximum Gasteiger partial charge on any atom is 0.267 e. The van der Waals surface area contributed by atoms with E-state index in [0.717, 1.165) is 39.5 Å². The Bertz CT molecular complexity index is 1000. The van der Waals surface area contributed by atoms with Crippen LogP contribution >= 0.6 is 22.7 Å². The second kappa shape index (κ2) is 7.25. The molecule has 5 nitrogen and oxygen atoms in total. The summed E-state index contributed by atoms with van der Waals surface area (Å²) in [5.74, 6) is -0.0107. The summed E-state index contributed by atoms with van der Waals surface area (Å²) < 4.78 is 0. The molecule has 0 atom stereocenters. The Morgan fingerprint density at radius 3 is 2.52 bits per heavy atom. The molecule has 0 saturated heterocycles. The van der Waals surface area contributed by atoms with Crippen molar-refractivity contribution in [1.82, 2.24) is 4.98 Å². The standard InChI is InChI=1S/C20H19N3O2S2/c1-11-10-15(22-18(24)14-8-9-14)26-16(11)19(25)23-20-21-12(2)17(27-20)13-6-4-3-5-7-13/h3-7,10,14H,8-9H2,1-2H3,(H,22,24)(H,21,23,25). The van der Waals surface area contributed by atoms with Crippen molar-refractivity contribution < 1.29 is 9.59 Å². The Kier molecular flexibility index (Phi) is 4.80. The van der Waals surface area contributed by atoms with Crippen LogP contribution in [-0.2, 0) is 4.79 Å². The van der Waals surface area contributed by atoms with Gasteiger partial charge in [-0.3, -0.25) is 14.9 Å². The van der Waals surface area contributed by atoms with E-state index in [-0.39, 0.29) is 17.7 Å². The lowest BCUT2D eigenvalue weighted by Crippen LogP contribution is -2.12. The molecule has 0 bridgehead atoms. The highest BCUT2D eigenvalue weighted by Crippen LogP contribution is 2.35. The third-order valence-corrected chi connectivity index (χ3v) is 6.64. The van der Waals surface area contributed by atoms with E-state index in [1.807, 2.05) is 50.2 Å². The first kappa shape index (κ1) is 17.9. The van der Waals surface area contributed by atoms with Gasteiger partial charge in [-0.25, -0.2) is 4.98 Å². The number of hydrogen-bond acceptors (Lipinski definition) is 5. The summed E-state index contributed by atoms with van der Waals surface area (Å²) in [5, 5.41) is 7.10. The van der Waals surface area contributed by atoms with Gasteiger partial charge in [-0.15, -0.1) is 11.3 Å². The van der Waals surface area contributed by atoms with Gasteiger partial charge >= 0.3 is 0 Å². The molecule has 4 rings (SSSR count). The Hall–Kier alpha value is -2.51. The van der Waals surface area contributed by atoms with Gasteiger partial charge in [0.25, 0.3) is 5.91 Å². The molecular formula is C20H19N3O2S2. The van der Waals surface area contributed by atoms with Gasteiger partial charge < -0.3 is 5.32 Å². The number of amides is 2. The number of thiophene rings is 1. The number of aromatic nitrogens is 1. The van der Waals surface area contributed by atoms with Crippen molar-refractivity contribution in [2.45, 2.75) is 26.7 Å². The number of hydrogen-bond donors (Lipinski definition) is 2. The fourth-order valence-corrected chi connectivity index (χ4v) is 4.74. The maximum atomic E-state index is 12.7. The lowest BCUT2D eigenvalue weighted by atomic mass is 10.2. The van der Waals surface area contributed by atoms with Crippen molar-refractivity contribution >= 4 is 44.6 Å². The van der Waals surface area contributed by atoms with Crippen LogP contribution < -0.4 is 10.6 Å². The van der Waals surface area contributed by atoms with Crippen LogP contribution in [0.2, 0.25) is 0 Å². The molecule has 1 aliphatic rings. The van der Waals surface area contributed by atoms with Crippen LogP contribution in [0.4, 0.5) is 10.1 Å². The fourth-order valence-electron chi connectivity index (χ4n) is 2.80. The van der Waals surface area contributed by atoms with Crippen LogP contribution in [0.3, 0.4) is 0 Å². The van der Waals surface area contributed by atoms with E-state index < -0.39 is 0 Å². The number of thiazole rings is 1. The summed E-state index contributed by atoms with van der Waals surface area (Å²) in [6, 6.07) is 11.9. The topological polar surface area (TPSA) is 71.1 Å². The molecule has 0 radical (unpaired) electrons. The van der Waals surface area contributed by atoms with E-state index >= 15 is 0 Å². The minimum atomic E-state index is -0.196. The Morgan fingerprint density at radius 2 is 1.81 bits per heavy atom. The molecule has 7 heteroatoms. The largest absolute Gasteiger partial charge is 0.317 e. The van der Waals surface area contributed by atoms with Crippen LogP contribution in [-0.4, -0.2) is 16.8 Å². The van der Waals surface area contributed by atoms with Gasteiger partial charge in [0, 0.05) is 5.92 Å². The van der Waals surface area contributed by atoms with E-state index in [2.05, 4.69) is 15.6 Å². The third-order valence-electron chi connectivity index (χ3n) is 4.37. The van der Waals surface area contributed by atoms with Crippen molar-refractivity contribution in [2.75, 3.05) is 10.6 Å². The minimum Gasteiger partial charge on any atom is -0.317 e. The molecule has 1 aromatic carbocycles. The second-order valence-electron chi connectivity index (χ2n) is 6.64. The summed E-state index contributed by atoms with van der Waals surface area (Å²) in [4.78, 5) is 30.7. The highest BCUT2D eigenvalue weighted by atomic mass is 32.1. The smallest absolute Gasteiger partial charge is 0.267 e. The van der Waals surface area contributed by atoms with Crippen molar-refractivity contribution in [3.63, 3.8) is 0 Å². The summed E-state index contributed by atoms with van der Waals surface area (Å²) >= 11 is 2.76. The Balaban J connectivity index is 1.49. The van der Waals surface area contributed by atoms with Crippen molar-refractivity contribution in [3.05, 3.63) is 52.5 Å². The predicted molar refractivity (Wildman–Crippen MR) is 111 cm³/mol.